The first-order valence-electron chi connectivity index (χ1n) is 6.96. The van der Waals surface area contributed by atoms with Gasteiger partial charge in [0, 0.05) is 24.7 Å². The van der Waals surface area contributed by atoms with Gasteiger partial charge >= 0.3 is 0 Å². The van der Waals surface area contributed by atoms with Crippen LogP contribution in [0.15, 0.2) is 0 Å². The second kappa shape index (κ2) is 4.30. The number of nitrogens with zero attached hydrogens (tertiary/aromatic N) is 1. The van der Waals surface area contributed by atoms with Gasteiger partial charge in [0.25, 0.3) is 0 Å². The molecule has 2 rings (SSSR count). The second-order valence-corrected chi connectivity index (χ2v) is 6.46. The van der Waals surface area contributed by atoms with Gasteiger partial charge in [-0.25, -0.2) is 0 Å². The lowest BCUT2D eigenvalue weighted by molar-refractivity contribution is 0.0689. The van der Waals surface area contributed by atoms with Crippen LogP contribution >= 0.6 is 0 Å². The van der Waals surface area contributed by atoms with E-state index in [1.807, 2.05) is 0 Å². The molecule has 0 saturated carbocycles. The predicted molar refractivity (Wildman–Crippen MR) is 69.6 cm³/mol. The van der Waals surface area contributed by atoms with Crippen molar-refractivity contribution in [3.63, 3.8) is 0 Å². The Hall–Kier alpha value is -0.0800. The molecule has 2 fully saturated rings. The fraction of sp³-hybridized carbons (Fsp3) is 1.00. The molecule has 2 nitrogen and oxygen atoms in total. The quantitative estimate of drug-likeness (QED) is 0.791. The fourth-order valence-corrected chi connectivity index (χ4v) is 3.79. The van der Waals surface area contributed by atoms with Gasteiger partial charge in [0.1, 0.15) is 0 Å². The Morgan fingerprint density at radius 3 is 2.56 bits per heavy atom. The van der Waals surface area contributed by atoms with Crippen LogP contribution in [0.2, 0.25) is 0 Å². The zero-order valence-electron chi connectivity index (χ0n) is 11.6. The Bertz CT molecular complexity index is 249. The Balaban J connectivity index is 2.12. The minimum Gasteiger partial charge on any atom is -0.316 e. The van der Waals surface area contributed by atoms with Crippen molar-refractivity contribution >= 4 is 0 Å². The zero-order chi connectivity index (χ0) is 11.9. The highest BCUT2D eigenvalue weighted by atomic mass is 15.3. The third kappa shape index (κ3) is 1.80. The Morgan fingerprint density at radius 1 is 1.31 bits per heavy atom. The smallest absolute Gasteiger partial charge is 0.0200 e. The molecule has 0 radical (unpaired) electrons. The minimum absolute atomic E-state index is 0.386. The van der Waals surface area contributed by atoms with Gasteiger partial charge in [-0.15, -0.1) is 0 Å². The summed E-state index contributed by atoms with van der Waals surface area (Å²) in [5, 5.41) is 3.56. The monoisotopic (exact) mass is 224 g/mol. The summed E-state index contributed by atoms with van der Waals surface area (Å²) in [6.45, 7) is 15.8. The second-order valence-electron chi connectivity index (χ2n) is 6.46. The van der Waals surface area contributed by atoms with Crippen molar-refractivity contribution in [2.75, 3.05) is 19.6 Å². The lowest BCUT2D eigenvalue weighted by Gasteiger charge is -2.42. The third-order valence-corrected chi connectivity index (χ3v) is 5.38. The van der Waals surface area contributed by atoms with Crippen molar-refractivity contribution in [2.24, 2.45) is 17.8 Å². The number of nitrogens with one attached hydrogen (secondary N) is 1. The molecule has 4 unspecified atom stereocenters. The summed E-state index contributed by atoms with van der Waals surface area (Å²) in [4.78, 5) is 2.78. The van der Waals surface area contributed by atoms with Gasteiger partial charge in [0.05, 0.1) is 0 Å². The molecular formula is C14H28N2. The predicted octanol–water partition coefficient (Wildman–Crippen LogP) is 2.35. The van der Waals surface area contributed by atoms with Gasteiger partial charge in [-0.2, -0.15) is 0 Å². The molecule has 2 aliphatic rings. The van der Waals surface area contributed by atoms with Crippen LogP contribution in [0.4, 0.5) is 0 Å². The summed E-state index contributed by atoms with van der Waals surface area (Å²) in [5.74, 6) is 2.56. The summed E-state index contributed by atoms with van der Waals surface area (Å²) < 4.78 is 0. The lowest BCUT2D eigenvalue weighted by Crippen LogP contribution is -2.50. The number of hydrogen-bond acceptors (Lipinski definition) is 2. The highest BCUT2D eigenvalue weighted by molar-refractivity contribution is 5.06. The van der Waals surface area contributed by atoms with E-state index in [0.717, 1.165) is 23.8 Å². The van der Waals surface area contributed by atoms with Gasteiger partial charge in [0.15, 0.2) is 0 Å². The Kier molecular flexibility index (Phi) is 3.33. The molecule has 0 aromatic rings. The van der Waals surface area contributed by atoms with Crippen molar-refractivity contribution in [2.45, 2.75) is 52.6 Å². The first-order valence-corrected chi connectivity index (χ1v) is 6.96. The molecule has 0 spiro atoms. The lowest BCUT2D eigenvalue weighted by atomic mass is 9.84. The van der Waals surface area contributed by atoms with E-state index in [4.69, 9.17) is 0 Å². The first-order chi connectivity index (χ1) is 7.48. The molecule has 2 saturated heterocycles. The number of hydrogen-bond donors (Lipinski definition) is 1. The Morgan fingerprint density at radius 2 is 2.00 bits per heavy atom. The average Bonchev–Trinajstić information content (AvgIpc) is 2.79. The molecule has 2 heterocycles. The molecule has 2 aliphatic heterocycles. The van der Waals surface area contributed by atoms with E-state index in [1.165, 1.54) is 26.1 Å². The minimum atomic E-state index is 0.386. The zero-order valence-corrected chi connectivity index (χ0v) is 11.6. The van der Waals surface area contributed by atoms with Crippen LogP contribution in [0, 0.1) is 17.8 Å². The van der Waals surface area contributed by atoms with Gasteiger partial charge in [-0.3, -0.25) is 4.90 Å². The van der Waals surface area contributed by atoms with Crippen LogP contribution in [0.25, 0.3) is 0 Å². The maximum atomic E-state index is 3.56. The van der Waals surface area contributed by atoms with Crippen molar-refractivity contribution in [3.05, 3.63) is 0 Å². The number of likely N-dealkylation sites (tertiary alicyclic amines) is 1. The maximum absolute atomic E-state index is 3.56. The van der Waals surface area contributed by atoms with E-state index in [2.05, 4.69) is 44.8 Å². The third-order valence-electron chi connectivity index (χ3n) is 5.38. The normalized spacial score (nSPS) is 37.3. The highest BCUT2D eigenvalue weighted by Crippen LogP contribution is 2.42. The fourth-order valence-electron chi connectivity index (χ4n) is 3.79. The standard InChI is InChI=1S/C14H28N2/c1-6-10(2)11(3)16-9-12-7-15-8-13(12)14(16,4)5/h10-13,15H,6-9H2,1-5H3. The SMILES string of the molecule is CCC(C)C(C)N1CC2CNCC2C1(C)C. The molecule has 0 aromatic heterocycles. The van der Waals surface area contributed by atoms with E-state index in [-0.39, 0.29) is 0 Å². The molecule has 2 heteroatoms. The molecular weight excluding hydrogens is 196 g/mol. The van der Waals surface area contributed by atoms with E-state index >= 15 is 0 Å². The summed E-state index contributed by atoms with van der Waals surface area (Å²) in [7, 11) is 0. The van der Waals surface area contributed by atoms with Crippen LogP contribution < -0.4 is 5.32 Å². The Labute approximate surface area is 101 Å². The van der Waals surface area contributed by atoms with Crippen LogP contribution in [0.3, 0.4) is 0 Å². The first kappa shape index (κ1) is 12.4. The molecule has 0 amide bonds. The van der Waals surface area contributed by atoms with Crippen molar-refractivity contribution in [1.82, 2.24) is 10.2 Å². The summed E-state index contributed by atoms with van der Waals surface area (Å²) in [6, 6.07) is 0.727. The molecule has 0 aliphatic carbocycles. The van der Waals surface area contributed by atoms with Crippen LogP contribution in [-0.4, -0.2) is 36.1 Å². The molecule has 16 heavy (non-hydrogen) atoms. The van der Waals surface area contributed by atoms with Gasteiger partial charge in [-0.1, -0.05) is 20.3 Å². The molecule has 4 atom stereocenters. The van der Waals surface area contributed by atoms with Crippen molar-refractivity contribution in [3.8, 4) is 0 Å². The van der Waals surface area contributed by atoms with E-state index < -0.39 is 0 Å². The van der Waals surface area contributed by atoms with Gasteiger partial charge in [0.2, 0.25) is 0 Å². The summed E-state index contributed by atoms with van der Waals surface area (Å²) in [6.07, 6.45) is 1.29. The van der Waals surface area contributed by atoms with Crippen LogP contribution in [-0.2, 0) is 0 Å². The van der Waals surface area contributed by atoms with Crippen molar-refractivity contribution in [1.29, 1.82) is 0 Å². The average molecular weight is 224 g/mol. The largest absolute Gasteiger partial charge is 0.316 e. The van der Waals surface area contributed by atoms with Crippen molar-refractivity contribution < 1.29 is 0 Å². The summed E-state index contributed by atoms with van der Waals surface area (Å²) >= 11 is 0. The highest BCUT2D eigenvalue weighted by Gasteiger charge is 2.51. The van der Waals surface area contributed by atoms with Crippen LogP contribution in [0.1, 0.15) is 41.0 Å². The van der Waals surface area contributed by atoms with E-state index in [1.54, 1.807) is 0 Å². The molecule has 94 valence electrons. The van der Waals surface area contributed by atoms with Gasteiger partial charge < -0.3 is 5.32 Å². The number of rotatable bonds is 3. The maximum Gasteiger partial charge on any atom is 0.0200 e. The van der Waals surface area contributed by atoms with Crippen LogP contribution in [0.5, 0.6) is 0 Å². The topological polar surface area (TPSA) is 15.3 Å². The van der Waals surface area contributed by atoms with Gasteiger partial charge in [-0.05, 0) is 45.1 Å². The van der Waals surface area contributed by atoms with E-state index in [0.29, 0.717) is 5.54 Å². The van der Waals surface area contributed by atoms with E-state index in [9.17, 15) is 0 Å². The molecule has 0 bridgehead atoms. The molecule has 1 N–H and O–H groups in total. The summed E-state index contributed by atoms with van der Waals surface area (Å²) in [5.41, 5.74) is 0.386. The number of fused-ring (bicyclic) bond motifs is 1. The molecule has 0 aromatic carbocycles.